The van der Waals surface area contributed by atoms with E-state index in [4.69, 9.17) is 0 Å². The zero-order valence-corrected chi connectivity index (χ0v) is 15.6. The first kappa shape index (κ1) is 21.6. The molecular formula is C16H35ClN4O. The van der Waals surface area contributed by atoms with Gasteiger partial charge in [-0.3, -0.25) is 4.79 Å². The molecule has 132 valence electrons. The van der Waals surface area contributed by atoms with Gasteiger partial charge in [-0.1, -0.05) is 0 Å². The molecule has 1 N–H and O–H groups in total. The van der Waals surface area contributed by atoms with Crippen LogP contribution in [0.25, 0.3) is 0 Å². The molecule has 0 saturated carbocycles. The lowest BCUT2D eigenvalue weighted by Crippen LogP contribution is -2.42. The molecule has 1 aliphatic rings. The minimum atomic E-state index is 0. The largest absolute Gasteiger partial charge is 0.342 e. The molecule has 1 fully saturated rings. The van der Waals surface area contributed by atoms with Crippen LogP contribution in [0.2, 0.25) is 0 Å². The third kappa shape index (κ3) is 8.93. The molecule has 5 nitrogen and oxygen atoms in total. The summed E-state index contributed by atoms with van der Waals surface area (Å²) in [7, 11) is 8.35. The Balaban J connectivity index is 0.00000441. The van der Waals surface area contributed by atoms with E-state index in [1.807, 2.05) is 0 Å². The van der Waals surface area contributed by atoms with Crippen LogP contribution >= 0.6 is 12.4 Å². The van der Waals surface area contributed by atoms with Crippen molar-refractivity contribution in [2.24, 2.45) is 5.92 Å². The smallest absolute Gasteiger partial charge is 0.225 e. The third-order valence-electron chi connectivity index (χ3n) is 4.07. The van der Waals surface area contributed by atoms with Crippen LogP contribution in [0.15, 0.2) is 0 Å². The fraction of sp³-hybridized carbons (Fsp3) is 0.938. The second-order valence-electron chi connectivity index (χ2n) is 6.66. The van der Waals surface area contributed by atoms with Crippen LogP contribution in [-0.2, 0) is 4.79 Å². The van der Waals surface area contributed by atoms with Crippen molar-refractivity contribution in [3.63, 3.8) is 0 Å². The van der Waals surface area contributed by atoms with Crippen molar-refractivity contribution in [1.82, 2.24) is 20.0 Å². The Bertz CT molecular complexity index is 280. The molecule has 0 radical (unpaired) electrons. The van der Waals surface area contributed by atoms with Gasteiger partial charge in [0.25, 0.3) is 0 Å². The van der Waals surface area contributed by atoms with Crippen molar-refractivity contribution in [2.45, 2.75) is 25.7 Å². The third-order valence-corrected chi connectivity index (χ3v) is 4.07. The highest BCUT2D eigenvalue weighted by atomic mass is 35.5. The molecule has 0 spiro atoms. The van der Waals surface area contributed by atoms with Gasteiger partial charge in [-0.2, -0.15) is 0 Å². The molecule has 0 bridgehead atoms. The van der Waals surface area contributed by atoms with E-state index in [9.17, 15) is 4.79 Å². The van der Waals surface area contributed by atoms with Crippen molar-refractivity contribution in [3.8, 4) is 0 Å². The van der Waals surface area contributed by atoms with E-state index in [0.29, 0.717) is 5.91 Å². The zero-order valence-electron chi connectivity index (χ0n) is 14.8. The van der Waals surface area contributed by atoms with Gasteiger partial charge in [-0.05, 0) is 80.1 Å². The Labute approximate surface area is 142 Å². The van der Waals surface area contributed by atoms with E-state index in [1.165, 1.54) is 0 Å². The van der Waals surface area contributed by atoms with Gasteiger partial charge in [-0.25, -0.2) is 0 Å². The van der Waals surface area contributed by atoms with Crippen LogP contribution in [0.1, 0.15) is 25.7 Å². The lowest BCUT2D eigenvalue weighted by molar-refractivity contribution is -0.136. The van der Waals surface area contributed by atoms with Crippen LogP contribution in [0, 0.1) is 5.92 Å². The Morgan fingerprint density at radius 2 is 1.36 bits per heavy atom. The van der Waals surface area contributed by atoms with Crippen molar-refractivity contribution in [1.29, 1.82) is 0 Å². The Morgan fingerprint density at radius 3 is 1.77 bits per heavy atom. The quantitative estimate of drug-likeness (QED) is 0.686. The van der Waals surface area contributed by atoms with E-state index in [-0.39, 0.29) is 18.3 Å². The molecule has 22 heavy (non-hydrogen) atoms. The average Bonchev–Trinajstić information content (AvgIpc) is 2.45. The maximum Gasteiger partial charge on any atom is 0.225 e. The SMILES string of the molecule is CN(C)CCCN(CCCN(C)C)C(=O)C1CCNCC1.Cl. The van der Waals surface area contributed by atoms with E-state index in [1.54, 1.807) is 0 Å². The van der Waals surface area contributed by atoms with Crippen LogP contribution in [0.4, 0.5) is 0 Å². The number of nitrogens with zero attached hydrogens (tertiary/aromatic N) is 3. The summed E-state index contributed by atoms with van der Waals surface area (Å²) in [5.41, 5.74) is 0. The predicted molar refractivity (Wildman–Crippen MR) is 95.8 cm³/mol. The van der Waals surface area contributed by atoms with Gasteiger partial charge in [-0.15, -0.1) is 12.4 Å². The van der Waals surface area contributed by atoms with E-state index >= 15 is 0 Å². The van der Waals surface area contributed by atoms with Crippen molar-refractivity contribution >= 4 is 18.3 Å². The molecular weight excluding hydrogens is 300 g/mol. The van der Waals surface area contributed by atoms with E-state index < -0.39 is 0 Å². The highest BCUT2D eigenvalue weighted by molar-refractivity contribution is 5.85. The summed E-state index contributed by atoms with van der Waals surface area (Å²) in [6.07, 6.45) is 4.12. The second-order valence-corrected chi connectivity index (χ2v) is 6.66. The van der Waals surface area contributed by atoms with Gasteiger partial charge in [0.1, 0.15) is 0 Å². The van der Waals surface area contributed by atoms with Gasteiger partial charge in [0.2, 0.25) is 5.91 Å². The normalized spacial score (nSPS) is 15.9. The maximum atomic E-state index is 12.7. The van der Waals surface area contributed by atoms with Crippen molar-refractivity contribution < 1.29 is 4.79 Å². The summed E-state index contributed by atoms with van der Waals surface area (Å²) in [4.78, 5) is 19.2. The number of nitrogens with one attached hydrogen (secondary N) is 1. The summed E-state index contributed by atoms with van der Waals surface area (Å²) < 4.78 is 0. The fourth-order valence-corrected chi connectivity index (χ4v) is 2.81. The summed E-state index contributed by atoms with van der Waals surface area (Å²) in [6.45, 7) is 5.86. The van der Waals surface area contributed by atoms with Gasteiger partial charge < -0.3 is 20.0 Å². The molecule has 1 rings (SSSR count). The van der Waals surface area contributed by atoms with Crippen molar-refractivity contribution in [3.05, 3.63) is 0 Å². The minimum absolute atomic E-state index is 0. The Hall–Kier alpha value is -0.360. The molecule has 0 aliphatic carbocycles. The molecule has 1 saturated heterocycles. The lowest BCUT2D eigenvalue weighted by Gasteiger charge is -2.30. The lowest BCUT2D eigenvalue weighted by atomic mass is 9.96. The number of carbonyl (C=O) groups excluding carboxylic acids is 1. The molecule has 0 aromatic heterocycles. The zero-order chi connectivity index (χ0) is 15.7. The standard InChI is InChI=1S/C16H34N4O.ClH/c1-18(2)11-5-13-20(14-6-12-19(3)4)16(21)15-7-9-17-10-8-15;/h15,17H,5-14H2,1-4H3;1H. The Morgan fingerprint density at radius 1 is 0.909 bits per heavy atom. The maximum absolute atomic E-state index is 12.7. The predicted octanol–water partition coefficient (Wildman–Crippen LogP) is 1.14. The number of amides is 1. The first-order valence-corrected chi connectivity index (χ1v) is 8.29. The Kier molecular flexibility index (Phi) is 11.9. The van der Waals surface area contributed by atoms with Crippen molar-refractivity contribution in [2.75, 3.05) is 67.5 Å². The van der Waals surface area contributed by atoms with Gasteiger partial charge in [0.05, 0.1) is 0 Å². The second kappa shape index (κ2) is 12.1. The molecule has 1 amide bonds. The highest BCUT2D eigenvalue weighted by Gasteiger charge is 2.25. The summed E-state index contributed by atoms with van der Waals surface area (Å²) >= 11 is 0. The molecule has 1 aliphatic heterocycles. The molecule has 6 heteroatoms. The highest BCUT2D eigenvalue weighted by Crippen LogP contribution is 2.15. The van der Waals surface area contributed by atoms with E-state index in [2.05, 4.69) is 48.2 Å². The monoisotopic (exact) mass is 334 g/mol. The van der Waals surface area contributed by atoms with Crippen LogP contribution in [0.5, 0.6) is 0 Å². The first-order valence-electron chi connectivity index (χ1n) is 8.29. The minimum Gasteiger partial charge on any atom is -0.342 e. The van der Waals surface area contributed by atoms with Gasteiger partial charge in [0.15, 0.2) is 0 Å². The molecule has 0 aromatic carbocycles. The number of piperidine rings is 1. The average molecular weight is 335 g/mol. The molecule has 0 atom stereocenters. The van der Waals surface area contributed by atoms with Crippen LogP contribution in [0.3, 0.4) is 0 Å². The summed E-state index contributed by atoms with van der Waals surface area (Å²) in [5, 5.41) is 3.34. The molecule has 0 aromatic rings. The molecule has 0 unspecified atom stereocenters. The summed E-state index contributed by atoms with van der Waals surface area (Å²) in [6, 6.07) is 0. The topological polar surface area (TPSA) is 38.8 Å². The molecule has 1 heterocycles. The number of hydrogen-bond donors (Lipinski definition) is 1. The number of halogens is 1. The first-order chi connectivity index (χ1) is 10.0. The summed E-state index contributed by atoms with van der Waals surface area (Å²) in [5.74, 6) is 0.624. The van der Waals surface area contributed by atoms with Gasteiger partial charge in [0, 0.05) is 19.0 Å². The van der Waals surface area contributed by atoms with Gasteiger partial charge >= 0.3 is 0 Å². The fourth-order valence-electron chi connectivity index (χ4n) is 2.81. The number of rotatable bonds is 9. The van der Waals surface area contributed by atoms with Crippen LogP contribution in [-0.4, -0.2) is 88.1 Å². The van der Waals surface area contributed by atoms with E-state index in [0.717, 1.165) is 65.0 Å². The van der Waals surface area contributed by atoms with Crippen LogP contribution < -0.4 is 5.32 Å². The number of hydrogen-bond acceptors (Lipinski definition) is 4. The number of carbonyl (C=O) groups is 1.